The number of aromatic nitrogens is 1. The SMILES string of the molecule is CCCn1cc(Br)cc1C(=O)N(CCOC)CC(=O)O. The van der Waals surface area contributed by atoms with E-state index in [1.165, 1.54) is 12.0 Å². The predicted molar refractivity (Wildman–Crippen MR) is 77.8 cm³/mol. The Morgan fingerprint density at radius 1 is 1.50 bits per heavy atom. The fourth-order valence-electron chi connectivity index (χ4n) is 1.86. The molecule has 1 aromatic heterocycles. The number of carboxylic acid groups (broad SMARTS) is 1. The number of hydrogen-bond acceptors (Lipinski definition) is 3. The van der Waals surface area contributed by atoms with Gasteiger partial charge in [-0.15, -0.1) is 0 Å². The quantitative estimate of drug-likeness (QED) is 0.779. The number of hydrogen-bond donors (Lipinski definition) is 1. The Hall–Kier alpha value is -1.34. The maximum Gasteiger partial charge on any atom is 0.323 e. The molecule has 0 fully saturated rings. The van der Waals surface area contributed by atoms with Crippen molar-refractivity contribution in [2.45, 2.75) is 19.9 Å². The second-order valence-electron chi connectivity index (χ2n) is 4.35. The first-order valence-electron chi connectivity index (χ1n) is 6.35. The van der Waals surface area contributed by atoms with Gasteiger partial charge in [0.25, 0.3) is 5.91 Å². The molecule has 1 aromatic rings. The van der Waals surface area contributed by atoms with Crippen LogP contribution in [0.25, 0.3) is 0 Å². The summed E-state index contributed by atoms with van der Waals surface area (Å²) in [4.78, 5) is 24.6. The van der Waals surface area contributed by atoms with Gasteiger partial charge in [0.15, 0.2) is 0 Å². The van der Waals surface area contributed by atoms with Crippen molar-refractivity contribution in [3.05, 3.63) is 22.4 Å². The fraction of sp³-hybridized carbons (Fsp3) is 0.538. The first kappa shape index (κ1) is 16.7. The molecule has 20 heavy (non-hydrogen) atoms. The molecule has 0 radical (unpaired) electrons. The normalized spacial score (nSPS) is 10.6. The summed E-state index contributed by atoms with van der Waals surface area (Å²) in [6, 6.07) is 1.71. The summed E-state index contributed by atoms with van der Waals surface area (Å²) < 4.78 is 7.55. The van der Waals surface area contributed by atoms with Crippen LogP contribution in [0.4, 0.5) is 0 Å². The molecule has 0 aliphatic carbocycles. The molecular formula is C13H19BrN2O4. The Morgan fingerprint density at radius 2 is 2.20 bits per heavy atom. The first-order valence-corrected chi connectivity index (χ1v) is 7.14. The highest BCUT2D eigenvalue weighted by atomic mass is 79.9. The number of aliphatic carboxylic acids is 1. The van der Waals surface area contributed by atoms with Crippen LogP contribution in [0.5, 0.6) is 0 Å². The second-order valence-corrected chi connectivity index (χ2v) is 5.27. The Balaban J connectivity index is 2.95. The minimum atomic E-state index is -1.04. The van der Waals surface area contributed by atoms with Crippen LogP contribution in [0.1, 0.15) is 23.8 Å². The molecule has 0 aromatic carbocycles. The molecule has 1 rings (SSSR count). The Morgan fingerprint density at radius 3 is 2.75 bits per heavy atom. The Labute approximate surface area is 126 Å². The van der Waals surface area contributed by atoms with Gasteiger partial charge in [0.05, 0.1) is 6.61 Å². The van der Waals surface area contributed by atoms with Gasteiger partial charge in [-0.25, -0.2) is 0 Å². The maximum absolute atomic E-state index is 12.5. The monoisotopic (exact) mass is 346 g/mol. The number of nitrogens with zero attached hydrogens (tertiary/aromatic N) is 2. The van der Waals surface area contributed by atoms with E-state index < -0.39 is 5.97 Å². The third kappa shape index (κ3) is 4.64. The van der Waals surface area contributed by atoms with Gasteiger partial charge in [-0.05, 0) is 28.4 Å². The van der Waals surface area contributed by atoms with E-state index in [0.717, 1.165) is 10.9 Å². The molecule has 0 unspecified atom stereocenters. The van der Waals surface area contributed by atoms with E-state index >= 15 is 0 Å². The molecule has 0 aliphatic rings. The lowest BCUT2D eigenvalue weighted by Gasteiger charge is -2.21. The van der Waals surface area contributed by atoms with Crippen LogP contribution in [0.3, 0.4) is 0 Å². The number of carboxylic acids is 1. The zero-order valence-electron chi connectivity index (χ0n) is 11.6. The lowest BCUT2D eigenvalue weighted by atomic mass is 10.3. The van der Waals surface area contributed by atoms with Crippen molar-refractivity contribution in [1.82, 2.24) is 9.47 Å². The lowest BCUT2D eigenvalue weighted by Crippen LogP contribution is -2.38. The van der Waals surface area contributed by atoms with E-state index in [-0.39, 0.29) is 19.0 Å². The molecule has 6 nitrogen and oxygen atoms in total. The van der Waals surface area contributed by atoms with Crippen LogP contribution in [0.2, 0.25) is 0 Å². The smallest absolute Gasteiger partial charge is 0.323 e. The molecule has 1 heterocycles. The van der Waals surface area contributed by atoms with Crippen molar-refractivity contribution < 1.29 is 19.4 Å². The van der Waals surface area contributed by atoms with Gasteiger partial charge in [-0.1, -0.05) is 6.92 Å². The summed E-state index contributed by atoms with van der Waals surface area (Å²) in [5, 5.41) is 8.91. The number of rotatable bonds is 8. The van der Waals surface area contributed by atoms with Crippen LogP contribution in [-0.2, 0) is 16.1 Å². The van der Waals surface area contributed by atoms with Crippen molar-refractivity contribution in [2.24, 2.45) is 0 Å². The molecule has 0 saturated carbocycles. The molecule has 1 amide bonds. The van der Waals surface area contributed by atoms with E-state index in [0.29, 0.717) is 18.8 Å². The first-order chi connectivity index (χ1) is 9.49. The van der Waals surface area contributed by atoms with E-state index in [4.69, 9.17) is 9.84 Å². The third-order valence-electron chi connectivity index (χ3n) is 2.73. The van der Waals surface area contributed by atoms with Crippen molar-refractivity contribution in [1.29, 1.82) is 0 Å². The molecule has 0 aliphatic heterocycles. The largest absolute Gasteiger partial charge is 0.480 e. The van der Waals surface area contributed by atoms with Crippen molar-refractivity contribution >= 4 is 27.8 Å². The van der Waals surface area contributed by atoms with E-state index in [9.17, 15) is 9.59 Å². The summed E-state index contributed by atoms with van der Waals surface area (Å²) in [6.07, 6.45) is 2.71. The van der Waals surface area contributed by atoms with Crippen molar-refractivity contribution in [3.8, 4) is 0 Å². The van der Waals surface area contributed by atoms with Gasteiger partial charge in [-0.3, -0.25) is 9.59 Å². The van der Waals surface area contributed by atoms with Crippen LogP contribution < -0.4 is 0 Å². The van der Waals surface area contributed by atoms with Gasteiger partial charge < -0.3 is 19.3 Å². The van der Waals surface area contributed by atoms with Gasteiger partial charge in [-0.2, -0.15) is 0 Å². The Bertz CT molecular complexity index is 473. The van der Waals surface area contributed by atoms with Crippen LogP contribution in [0, 0.1) is 0 Å². The van der Waals surface area contributed by atoms with E-state index in [2.05, 4.69) is 15.9 Å². The summed E-state index contributed by atoms with van der Waals surface area (Å²) in [5.74, 6) is -1.34. The number of carbonyl (C=O) groups excluding carboxylic acids is 1. The standard InChI is InChI=1S/C13H19BrN2O4/c1-3-4-15-8-10(14)7-11(15)13(19)16(5-6-20-2)9-12(17)18/h7-8H,3-6,9H2,1-2H3,(H,17,18). The lowest BCUT2D eigenvalue weighted by molar-refractivity contribution is -0.137. The minimum Gasteiger partial charge on any atom is -0.480 e. The third-order valence-corrected chi connectivity index (χ3v) is 3.16. The number of carbonyl (C=O) groups is 2. The molecule has 112 valence electrons. The van der Waals surface area contributed by atoms with Gasteiger partial charge in [0.1, 0.15) is 12.2 Å². The van der Waals surface area contributed by atoms with Crippen LogP contribution in [-0.4, -0.2) is 53.3 Å². The van der Waals surface area contributed by atoms with Crippen molar-refractivity contribution in [2.75, 3.05) is 26.8 Å². The molecular weight excluding hydrogens is 328 g/mol. The summed E-state index contributed by atoms with van der Waals surface area (Å²) in [5.41, 5.74) is 0.482. The van der Waals surface area contributed by atoms with Crippen molar-refractivity contribution in [3.63, 3.8) is 0 Å². The number of methoxy groups -OCH3 is 1. The van der Waals surface area contributed by atoms with Gasteiger partial charge >= 0.3 is 5.97 Å². The van der Waals surface area contributed by atoms with Crippen LogP contribution >= 0.6 is 15.9 Å². The highest BCUT2D eigenvalue weighted by Gasteiger charge is 2.21. The Kier molecular flexibility index (Phi) is 6.74. The predicted octanol–water partition coefficient (Wildman–Crippen LogP) is 1.83. The number of ether oxygens (including phenoxy) is 1. The average molecular weight is 347 g/mol. The summed E-state index contributed by atoms with van der Waals surface area (Å²) in [7, 11) is 1.51. The van der Waals surface area contributed by atoms with Gasteiger partial charge in [0.2, 0.25) is 0 Å². The molecule has 0 spiro atoms. The maximum atomic E-state index is 12.5. The number of halogens is 1. The minimum absolute atomic E-state index is 0.247. The molecule has 0 atom stereocenters. The van der Waals surface area contributed by atoms with E-state index in [1.807, 2.05) is 17.7 Å². The van der Waals surface area contributed by atoms with E-state index in [1.54, 1.807) is 6.07 Å². The zero-order chi connectivity index (χ0) is 15.1. The highest BCUT2D eigenvalue weighted by Crippen LogP contribution is 2.17. The highest BCUT2D eigenvalue weighted by molar-refractivity contribution is 9.10. The topological polar surface area (TPSA) is 71.8 Å². The molecule has 7 heteroatoms. The second kappa shape index (κ2) is 8.06. The molecule has 0 saturated heterocycles. The number of amides is 1. The van der Waals surface area contributed by atoms with Crippen LogP contribution in [0.15, 0.2) is 16.7 Å². The fourth-order valence-corrected chi connectivity index (χ4v) is 2.32. The molecule has 1 N–H and O–H groups in total. The van der Waals surface area contributed by atoms with Gasteiger partial charge in [0, 0.05) is 30.9 Å². The number of aryl methyl sites for hydroxylation is 1. The molecule has 0 bridgehead atoms. The summed E-state index contributed by atoms with van der Waals surface area (Å²) in [6.45, 7) is 2.93. The zero-order valence-corrected chi connectivity index (χ0v) is 13.2. The summed E-state index contributed by atoms with van der Waals surface area (Å²) >= 11 is 3.34. The average Bonchev–Trinajstić information content (AvgIpc) is 2.74.